The predicted molar refractivity (Wildman–Crippen MR) is 60.7 cm³/mol. The molecule has 0 aliphatic heterocycles. The molecule has 0 atom stereocenters. The number of rotatable bonds is 3. The molecule has 1 aromatic heterocycles. The first-order valence-electron chi connectivity index (χ1n) is 4.63. The maximum atomic E-state index is 13.0. The lowest BCUT2D eigenvalue weighted by Crippen LogP contribution is -2.06. The molecule has 82 valence electrons. The standard InChI is InChI=1S/C11H8BrFN2O/c12-9-2-1-8(13)5-7(9)6-10(16)11-14-3-4-15-11/h1-5H,6H2,(H,14,15). The highest BCUT2D eigenvalue weighted by Gasteiger charge is 2.11. The number of nitrogens with zero attached hydrogens (tertiary/aromatic N) is 1. The van der Waals surface area contributed by atoms with E-state index in [1.54, 1.807) is 12.3 Å². The van der Waals surface area contributed by atoms with Crippen LogP contribution in [0.4, 0.5) is 4.39 Å². The zero-order valence-corrected chi connectivity index (χ0v) is 9.79. The fourth-order valence-electron chi connectivity index (χ4n) is 1.35. The Morgan fingerprint density at radius 2 is 2.31 bits per heavy atom. The third-order valence-corrected chi connectivity index (χ3v) is 2.89. The van der Waals surface area contributed by atoms with Crippen LogP contribution in [0.1, 0.15) is 16.2 Å². The van der Waals surface area contributed by atoms with Crippen LogP contribution in [0, 0.1) is 5.82 Å². The molecule has 0 bridgehead atoms. The second-order valence-corrected chi connectivity index (χ2v) is 4.13. The Kier molecular flexibility index (Phi) is 3.14. The van der Waals surface area contributed by atoms with E-state index in [-0.39, 0.29) is 23.8 Å². The number of benzene rings is 1. The summed E-state index contributed by atoms with van der Waals surface area (Å²) >= 11 is 3.27. The Morgan fingerprint density at radius 1 is 1.50 bits per heavy atom. The van der Waals surface area contributed by atoms with Gasteiger partial charge in [-0.15, -0.1) is 0 Å². The van der Waals surface area contributed by atoms with Crippen molar-refractivity contribution in [3.05, 3.63) is 52.3 Å². The van der Waals surface area contributed by atoms with Crippen LogP contribution < -0.4 is 0 Å². The molecule has 0 unspecified atom stereocenters. The summed E-state index contributed by atoms with van der Waals surface area (Å²) in [6.07, 6.45) is 3.20. The fourth-order valence-corrected chi connectivity index (χ4v) is 1.74. The van der Waals surface area contributed by atoms with E-state index >= 15 is 0 Å². The molecule has 2 aromatic rings. The van der Waals surface area contributed by atoms with E-state index in [0.29, 0.717) is 10.0 Å². The molecule has 1 aromatic carbocycles. The van der Waals surface area contributed by atoms with Gasteiger partial charge < -0.3 is 4.98 Å². The van der Waals surface area contributed by atoms with Gasteiger partial charge in [-0.1, -0.05) is 15.9 Å². The van der Waals surface area contributed by atoms with Crippen molar-refractivity contribution in [3.8, 4) is 0 Å². The quantitative estimate of drug-likeness (QED) is 0.880. The van der Waals surface area contributed by atoms with Gasteiger partial charge in [-0.3, -0.25) is 4.79 Å². The summed E-state index contributed by atoms with van der Waals surface area (Å²) in [4.78, 5) is 18.3. The number of aromatic nitrogens is 2. The average Bonchev–Trinajstić information content (AvgIpc) is 2.76. The van der Waals surface area contributed by atoms with Crippen molar-refractivity contribution < 1.29 is 9.18 Å². The van der Waals surface area contributed by atoms with Crippen LogP contribution in [0.3, 0.4) is 0 Å². The van der Waals surface area contributed by atoms with Crippen molar-refractivity contribution >= 4 is 21.7 Å². The fraction of sp³-hybridized carbons (Fsp3) is 0.0909. The van der Waals surface area contributed by atoms with Crippen molar-refractivity contribution in [3.63, 3.8) is 0 Å². The minimum atomic E-state index is -0.356. The average molecular weight is 283 g/mol. The number of hydrogen-bond acceptors (Lipinski definition) is 2. The summed E-state index contributed by atoms with van der Waals surface area (Å²) < 4.78 is 13.7. The van der Waals surface area contributed by atoms with E-state index in [4.69, 9.17) is 0 Å². The van der Waals surface area contributed by atoms with Gasteiger partial charge in [0, 0.05) is 23.3 Å². The highest BCUT2D eigenvalue weighted by atomic mass is 79.9. The monoisotopic (exact) mass is 282 g/mol. The van der Waals surface area contributed by atoms with Crippen LogP contribution in [-0.2, 0) is 6.42 Å². The Labute approximate surface area is 99.8 Å². The Hall–Kier alpha value is -1.49. The molecule has 2 rings (SSSR count). The summed E-state index contributed by atoms with van der Waals surface area (Å²) in [5, 5.41) is 0. The molecule has 0 fully saturated rings. The number of halogens is 2. The third kappa shape index (κ3) is 2.36. The van der Waals surface area contributed by atoms with E-state index in [1.165, 1.54) is 18.3 Å². The molecule has 0 radical (unpaired) electrons. The summed E-state index contributed by atoms with van der Waals surface area (Å²) in [6.45, 7) is 0. The van der Waals surface area contributed by atoms with Crippen LogP contribution >= 0.6 is 15.9 Å². The second-order valence-electron chi connectivity index (χ2n) is 3.27. The SMILES string of the molecule is O=C(Cc1cc(F)ccc1Br)c1ncc[nH]1. The van der Waals surface area contributed by atoms with Gasteiger partial charge in [0.1, 0.15) is 5.82 Å². The summed E-state index contributed by atoms with van der Waals surface area (Å²) in [5.74, 6) is -0.238. The minimum Gasteiger partial charge on any atom is -0.342 e. The number of carbonyl (C=O) groups is 1. The van der Waals surface area contributed by atoms with Gasteiger partial charge in [0.2, 0.25) is 5.78 Å². The van der Waals surface area contributed by atoms with E-state index in [1.807, 2.05) is 0 Å². The van der Waals surface area contributed by atoms with E-state index < -0.39 is 0 Å². The lowest BCUT2D eigenvalue weighted by Gasteiger charge is -2.02. The Bertz CT molecular complexity index is 511. The molecular weight excluding hydrogens is 275 g/mol. The first-order chi connectivity index (χ1) is 7.66. The van der Waals surface area contributed by atoms with Crippen molar-refractivity contribution in [2.45, 2.75) is 6.42 Å². The lowest BCUT2D eigenvalue weighted by atomic mass is 10.1. The zero-order valence-electron chi connectivity index (χ0n) is 8.21. The van der Waals surface area contributed by atoms with Crippen LogP contribution in [0.25, 0.3) is 0 Å². The van der Waals surface area contributed by atoms with Crippen LogP contribution in [-0.4, -0.2) is 15.8 Å². The van der Waals surface area contributed by atoms with Gasteiger partial charge >= 0.3 is 0 Å². The van der Waals surface area contributed by atoms with Gasteiger partial charge in [0.25, 0.3) is 0 Å². The molecule has 1 N–H and O–H groups in total. The molecule has 0 amide bonds. The van der Waals surface area contributed by atoms with E-state index in [9.17, 15) is 9.18 Å². The van der Waals surface area contributed by atoms with Crippen molar-refractivity contribution in [1.29, 1.82) is 0 Å². The number of nitrogens with one attached hydrogen (secondary N) is 1. The number of aromatic amines is 1. The predicted octanol–water partition coefficient (Wildman–Crippen LogP) is 2.74. The van der Waals surface area contributed by atoms with Gasteiger partial charge in [0.15, 0.2) is 5.82 Å². The Morgan fingerprint density at radius 3 is 3.00 bits per heavy atom. The van der Waals surface area contributed by atoms with Gasteiger partial charge in [-0.25, -0.2) is 9.37 Å². The maximum absolute atomic E-state index is 13.0. The van der Waals surface area contributed by atoms with Crippen LogP contribution in [0.2, 0.25) is 0 Å². The lowest BCUT2D eigenvalue weighted by molar-refractivity contribution is 0.0984. The molecule has 3 nitrogen and oxygen atoms in total. The van der Waals surface area contributed by atoms with Crippen molar-refractivity contribution in [2.24, 2.45) is 0 Å². The number of Topliss-reactive ketones (excluding diaryl/α,β-unsaturated/α-hetero) is 1. The molecular formula is C11H8BrFN2O. The van der Waals surface area contributed by atoms with Crippen LogP contribution in [0.5, 0.6) is 0 Å². The molecule has 0 spiro atoms. The van der Waals surface area contributed by atoms with E-state index in [2.05, 4.69) is 25.9 Å². The molecule has 5 heteroatoms. The number of ketones is 1. The maximum Gasteiger partial charge on any atom is 0.202 e. The number of H-pyrrole nitrogens is 1. The molecule has 0 saturated heterocycles. The van der Waals surface area contributed by atoms with Gasteiger partial charge in [-0.2, -0.15) is 0 Å². The third-order valence-electron chi connectivity index (χ3n) is 2.12. The van der Waals surface area contributed by atoms with Crippen molar-refractivity contribution in [1.82, 2.24) is 9.97 Å². The normalized spacial score (nSPS) is 10.4. The molecule has 0 aliphatic rings. The number of imidazole rings is 1. The van der Waals surface area contributed by atoms with Crippen LogP contribution in [0.15, 0.2) is 35.1 Å². The smallest absolute Gasteiger partial charge is 0.202 e. The number of hydrogen-bond donors (Lipinski definition) is 1. The first kappa shape index (κ1) is 11.0. The highest BCUT2D eigenvalue weighted by Crippen LogP contribution is 2.19. The molecule has 0 saturated carbocycles. The summed E-state index contributed by atoms with van der Waals surface area (Å²) in [6, 6.07) is 4.26. The highest BCUT2D eigenvalue weighted by molar-refractivity contribution is 9.10. The topological polar surface area (TPSA) is 45.8 Å². The van der Waals surface area contributed by atoms with E-state index in [0.717, 1.165) is 0 Å². The number of carbonyl (C=O) groups excluding carboxylic acids is 1. The molecule has 0 aliphatic carbocycles. The molecule has 1 heterocycles. The largest absolute Gasteiger partial charge is 0.342 e. The van der Waals surface area contributed by atoms with Gasteiger partial charge in [-0.05, 0) is 23.8 Å². The van der Waals surface area contributed by atoms with Gasteiger partial charge in [0.05, 0.1) is 0 Å². The first-order valence-corrected chi connectivity index (χ1v) is 5.42. The summed E-state index contributed by atoms with van der Waals surface area (Å²) in [7, 11) is 0. The summed E-state index contributed by atoms with van der Waals surface area (Å²) in [5.41, 5.74) is 0.612. The molecule has 16 heavy (non-hydrogen) atoms. The Balaban J connectivity index is 2.21. The van der Waals surface area contributed by atoms with Crippen molar-refractivity contribution in [2.75, 3.05) is 0 Å². The second kappa shape index (κ2) is 4.57. The zero-order chi connectivity index (χ0) is 11.5. The minimum absolute atomic E-state index is 0.117.